The number of hydrogen-bond acceptors (Lipinski definition) is 6. The summed E-state index contributed by atoms with van der Waals surface area (Å²) in [6, 6.07) is 8.24. The molecule has 0 spiro atoms. The van der Waals surface area contributed by atoms with Crippen LogP contribution in [0.2, 0.25) is 5.02 Å². The molecule has 3 rings (SSSR count). The molecule has 0 aliphatic heterocycles. The third-order valence-electron chi connectivity index (χ3n) is 3.60. The van der Waals surface area contributed by atoms with Crippen LogP contribution in [0.25, 0.3) is 11.0 Å². The highest BCUT2D eigenvalue weighted by Crippen LogP contribution is 2.31. The Morgan fingerprint density at radius 1 is 1.27 bits per heavy atom. The lowest BCUT2D eigenvalue weighted by atomic mass is 10.1. The normalized spacial score (nSPS) is 10.7. The molecule has 0 atom stereocenters. The standard InChI is InChI=1S/C17H9ClINO6/c1-8-6-14(21)26-16-10(8)3-5-13(15(16)19)25-17(22)9-2-4-11(18)12(7-9)20(23)24/h2-7H,1H3. The van der Waals surface area contributed by atoms with Gasteiger partial charge in [-0.1, -0.05) is 11.6 Å². The average Bonchev–Trinajstić information content (AvgIpc) is 2.57. The Labute approximate surface area is 164 Å². The molecule has 0 N–H and O–H groups in total. The van der Waals surface area contributed by atoms with Crippen molar-refractivity contribution >= 4 is 56.8 Å². The molecule has 1 aromatic heterocycles. The van der Waals surface area contributed by atoms with E-state index in [1.165, 1.54) is 18.2 Å². The SMILES string of the molecule is Cc1cc(=O)oc2c(I)c(OC(=O)c3ccc(Cl)c([N+](=O)[O-])c3)ccc12. The van der Waals surface area contributed by atoms with Gasteiger partial charge in [0.1, 0.15) is 10.8 Å². The number of rotatable bonds is 3. The molecule has 0 fully saturated rings. The Morgan fingerprint density at radius 3 is 2.69 bits per heavy atom. The first-order valence-electron chi connectivity index (χ1n) is 7.17. The number of halogens is 2. The van der Waals surface area contributed by atoms with Crippen molar-refractivity contribution < 1.29 is 18.9 Å². The highest BCUT2D eigenvalue weighted by molar-refractivity contribution is 14.1. The lowest BCUT2D eigenvalue weighted by Crippen LogP contribution is -2.10. The predicted molar refractivity (Wildman–Crippen MR) is 103 cm³/mol. The molecule has 0 bridgehead atoms. The van der Waals surface area contributed by atoms with E-state index in [0.29, 0.717) is 9.15 Å². The lowest BCUT2D eigenvalue weighted by molar-refractivity contribution is -0.384. The summed E-state index contributed by atoms with van der Waals surface area (Å²) in [5, 5.41) is 11.6. The topological polar surface area (TPSA) is 99.7 Å². The molecule has 0 aliphatic rings. The monoisotopic (exact) mass is 485 g/mol. The number of aryl methyl sites for hydroxylation is 1. The smallest absolute Gasteiger partial charge is 0.343 e. The van der Waals surface area contributed by atoms with Gasteiger partial charge in [0.05, 0.1) is 14.1 Å². The summed E-state index contributed by atoms with van der Waals surface area (Å²) in [7, 11) is 0. The first kappa shape index (κ1) is 18.3. The van der Waals surface area contributed by atoms with Gasteiger partial charge in [-0.15, -0.1) is 0 Å². The van der Waals surface area contributed by atoms with Crippen LogP contribution < -0.4 is 10.4 Å². The fourth-order valence-electron chi connectivity index (χ4n) is 2.35. The Bertz CT molecular complexity index is 1120. The summed E-state index contributed by atoms with van der Waals surface area (Å²) < 4.78 is 11.0. The van der Waals surface area contributed by atoms with Crippen molar-refractivity contribution in [3.8, 4) is 5.75 Å². The van der Waals surface area contributed by atoms with E-state index < -0.39 is 22.2 Å². The molecule has 7 nitrogen and oxygen atoms in total. The second kappa shape index (κ2) is 7.04. The zero-order chi connectivity index (χ0) is 19.0. The Morgan fingerprint density at radius 2 is 2.00 bits per heavy atom. The van der Waals surface area contributed by atoms with Crippen molar-refractivity contribution in [3.63, 3.8) is 0 Å². The van der Waals surface area contributed by atoms with Crippen LogP contribution in [0.5, 0.6) is 5.75 Å². The molecule has 0 unspecified atom stereocenters. The predicted octanol–water partition coefficient (Wildman–Crippen LogP) is 4.49. The van der Waals surface area contributed by atoms with Crippen molar-refractivity contribution in [3.05, 3.63) is 76.7 Å². The van der Waals surface area contributed by atoms with Crippen molar-refractivity contribution in [1.82, 2.24) is 0 Å². The summed E-state index contributed by atoms with van der Waals surface area (Å²) in [5.41, 5.74) is 0.117. The van der Waals surface area contributed by atoms with Crippen molar-refractivity contribution in [2.75, 3.05) is 0 Å². The highest BCUT2D eigenvalue weighted by Gasteiger charge is 2.19. The fraction of sp³-hybridized carbons (Fsp3) is 0.0588. The Kier molecular flexibility index (Phi) is 4.97. The van der Waals surface area contributed by atoms with E-state index in [1.807, 2.05) is 22.6 Å². The van der Waals surface area contributed by atoms with Crippen molar-refractivity contribution in [1.29, 1.82) is 0 Å². The number of carbonyl (C=O) groups excluding carboxylic acids is 1. The number of nitrogens with zero attached hydrogens (tertiary/aromatic N) is 1. The molecular formula is C17H9ClINO6. The minimum atomic E-state index is -0.794. The number of hydrogen-bond donors (Lipinski definition) is 0. The van der Waals surface area contributed by atoms with Crippen LogP contribution in [0.3, 0.4) is 0 Å². The van der Waals surface area contributed by atoms with Gasteiger partial charge in [-0.25, -0.2) is 9.59 Å². The zero-order valence-electron chi connectivity index (χ0n) is 13.1. The second-order valence-corrected chi connectivity index (χ2v) is 6.80. The van der Waals surface area contributed by atoms with E-state index >= 15 is 0 Å². The maximum atomic E-state index is 12.3. The maximum Gasteiger partial charge on any atom is 0.343 e. The van der Waals surface area contributed by atoms with Crippen LogP contribution in [0.4, 0.5) is 5.69 Å². The van der Waals surface area contributed by atoms with Crippen molar-refractivity contribution in [2.45, 2.75) is 6.92 Å². The summed E-state index contributed by atoms with van der Waals surface area (Å²) in [4.78, 5) is 34.2. The highest BCUT2D eigenvalue weighted by atomic mass is 127. The molecule has 132 valence electrons. The molecule has 2 aromatic carbocycles. The second-order valence-electron chi connectivity index (χ2n) is 5.32. The molecule has 0 saturated heterocycles. The van der Waals surface area contributed by atoms with E-state index in [4.69, 9.17) is 20.8 Å². The first-order valence-corrected chi connectivity index (χ1v) is 8.62. The number of benzene rings is 2. The average molecular weight is 486 g/mol. The third kappa shape index (κ3) is 3.42. The molecule has 0 radical (unpaired) electrons. The summed E-state index contributed by atoms with van der Waals surface area (Å²) >= 11 is 7.65. The molecule has 0 aliphatic carbocycles. The van der Waals surface area contributed by atoms with E-state index in [1.54, 1.807) is 19.1 Å². The largest absolute Gasteiger partial charge is 0.422 e. The van der Waals surface area contributed by atoms with E-state index in [0.717, 1.165) is 17.0 Å². The summed E-state index contributed by atoms with van der Waals surface area (Å²) in [5.74, 6) is -0.619. The number of ether oxygens (including phenoxy) is 1. The maximum absolute atomic E-state index is 12.3. The minimum absolute atomic E-state index is 0.0253. The summed E-state index contributed by atoms with van der Waals surface area (Å²) in [6.07, 6.45) is 0. The fourth-order valence-corrected chi connectivity index (χ4v) is 3.23. The summed E-state index contributed by atoms with van der Waals surface area (Å²) in [6.45, 7) is 1.77. The first-order chi connectivity index (χ1) is 12.3. The van der Waals surface area contributed by atoms with Gasteiger partial charge in [0, 0.05) is 17.5 Å². The van der Waals surface area contributed by atoms with E-state index in [-0.39, 0.29) is 16.3 Å². The number of carbonyl (C=O) groups is 1. The number of nitro groups is 1. The number of esters is 1. The zero-order valence-corrected chi connectivity index (χ0v) is 16.0. The van der Waals surface area contributed by atoms with E-state index in [2.05, 4.69) is 0 Å². The van der Waals surface area contributed by atoms with Gasteiger partial charge in [0.15, 0.2) is 5.58 Å². The van der Waals surface area contributed by atoms with Gasteiger partial charge in [-0.2, -0.15) is 0 Å². The van der Waals surface area contributed by atoms with Crippen LogP contribution >= 0.6 is 34.2 Å². The minimum Gasteiger partial charge on any atom is -0.422 e. The van der Waals surface area contributed by atoms with Crippen molar-refractivity contribution in [2.24, 2.45) is 0 Å². The Hall–Kier alpha value is -2.46. The molecule has 26 heavy (non-hydrogen) atoms. The lowest BCUT2D eigenvalue weighted by Gasteiger charge is -2.09. The van der Waals surface area contributed by atoms with Gasteiger partial charge in [-0.05, 0) is 59.3 Å². The molecular weight excluding hydrogens is 477 g/mol. The molecule has 0 saturated carbocycles. The van der Waals surface area contributed by atoms with Gasteiger partial charge < -0.3 is 9.15 Å². The van der Waals surface area contributed by atoms with Crippen LogP contribution in [-0.2, 0) is 0 Å². The van der Waals surface area contributed by atoms with Crippen LogP contribution in [0, 0.1) is 20.6 Å². The van der Waals surface area contributed by atoms with Crippen LogP contribution in [-0.4, -0.2) is 10.9 Å². The van der Waals surface area contributed by atoms with Gasteiger partial charge in [0.2, 0.25) is 0 Å². The number of nitro benzene ring substituents is 1. The molecule has 0 amide bonds. The molecule has 1 heterocycles. The van der Waals surface area contributed by atoms with Gasteiger partial charge in [0.25, 0.3) is 5.69 Å². The third-order valence-corrected chi connectivity index (χ3v) is 4.95. The quantitative estimate of drug-likeness (QED) is 0.135. The van der Waals surface area contributed by atoms with Gasteiger partial charge >= 0.3 is 11.6 Å². The molecule has 9 heteroatoms. The number of fused-ring (bicyclic) bond motifs is 1. The van der Waals surface area contributed by atoms with Crippen LogP contribution in [0.15, 0.2) is 45.6 Å². The van der Waals surface area contributed by atoms with Gasteiger partial charge in [-0.3, -0.25) is 10.1 Å². The van der Waals surface area contributed by atoms with E-state index in [9.17, 15) is 19.7 Å². The Balaban J connectivity index is 2.00. The molecule has 3 aromatic rings. The van der Waals surface area contributed by atoms with Crippen LogP contribution in [0.1, 0.15) is 15.9 Å².